The van der Waals surface area contributed by atoms with Crippen LogP contribution in [-0.2, 0) is 4.74 Å². The van der Waals surface area contributed by atoms with Crippen LogP contribution in [0.3, 0.4) is 0 Å². The predicted molar refractivity (Wildman–Crippen MR) is 98.4 cm³/mol. The molecule has 5 nitrogen and oxygen atoms in total. The molecule has 0 aliphatic heterocycles. The fraction of sp³-hybridized carbons (Fsp3) is 0.211. The zero-order valence-corrected chi connectivity index (χ0v) is 14.8. The third-order valence-electron chi connectivity index (χ3n) is 4.06. The fourth-order valence-corrected chi connectivity index (χ4v) is 2.95. The molecule has 0 spiro atoms. The number of halogens is 1. The number of amides is 1. The molecule has 0 aliphatic carbocycles. The van der Waals surface area contributed by atoms with Crippen molar-refractivity contribution in [3.05, 3.63) is 64.8 Å². The van der Waals surface area contributed by atoms with Crippen LogP contribution >= 0.6 is 11.6 Å². The Bertz CT molecular complexity index is 891. The number of fused-ring (bicyclic) bond motifs is 1. The second-order valence-corrected chi connectivity index (χ2v) is 6.00. The lowest BCUT2D eigenvalue weighted by molar-refractivity contribution is 0.0825. The first-order valence-electron chi connectivity index (χ1n) is 7.84. The number of ether oxygens (including phenoxy) is 2. The molecule has 1 aromatic heterocycles. The van der Waals surface area contributed by atoms with Crippen molar-refractivity contribution in [2.24, 2.45) is 0 Å². The van der Waals surface area contributed by atoms with E-state index in [1.807, 2.05) is 36.4 Å². The van der Waals surface area contributed by atoms with E-state index in [9.17, 15) is 4.79 Å². The summed E-state index contributed by atoms with van der Waals surface area (Å²) >= 11 is 6.20. The van der Waals surface area contributed by atoms with Gasteiger partial charge in [-0.15, -0.1) is 0 Å². The maximum absolute atomic E-state index is 12.4. The van der Waals surface area contributed by atoms with Crippen LogP contribution in [0.15, 0.2) is 48.5 Å². The highest BCUT2D eigenvalue weighted by Crippen LogP contribution is 2.25. The molecule has 0 radical (unpaired) electrons. The summed E-state index contributed by atoms with van der Waals surface area (Å²) in [6.45, 7) is 0.317. The first kappa shape index (κ1) is 17.3. The average molecular weight is 359 g/mol. The summed E-state index contributed by atoms with van der Waals surface area (Å²) in [5.74, 6) is 0.531. The van der Waals surface area contributed by atoms with E-state index in [-0.39, 0.29) is 12.0 Å². The molecule has 1 atom stereocenters. The van der Waals surface area contributed by atoms with E-state index >= 15 is 0 Å². The van der Waals surface area contributed by atoms with E-state index in [0.717, 1.165) is 22.2 Å². The summed E-state index contributed by atoms with van der Waals surface area (Å²) in [4.78, 5) is 15.5. The van der Waals surface area contributed by atoms with Gasteiger partial charge in [0.25, 0.3) is 5.91 Å². The molecule has 0 aliphatic rings. The van der Waals surface area contributed by atoms with E-state index in [1.165, 1.54) is 0 Å². The first-order chi connectivity index (χ1) is 12.1. The molecule has 2 N–H and O–H groups in total. The smallest absolute Gasteiger partial charge is 0.267 e. The van der Waals surface area contributed by atoms with Crippen molar-refractivity contribution < 1.29 is 14.3 Å². The Morgan fingerprint density at radius 2 is 2.00 bits per heavy atom. The SMILES string of the molecule is COc1ccc2cc(C(=O)NCC(OC)c3ccccc3Cl)[nH]c2c1. The predicted octanol–water partition coefficient (Wildman–Crippen LogP) is 3.95. The molecular formula is C19H19ClN2O3. The molecule has 1 heterocycles. The summed E-state index contributed by atoms with van der Waals surface area (Å²) in [7, 11) is 3.20. The molecule has 1 amide bonds. The Labute approximate surface area is 150 Å². The Hall–Kier alpha value is -2.50. The van der Waals surface area contributed by atoms with Gasteiger partial charge in [0.2, 0.25) is 0 Å². The van der Waals surface area contributed by atoms with Crippen molar-refractivity contribution in [1.82, 2.24) is 10.3 Å². The maximum Gasteiger partial charge on any atom is 0.267 e. The molecule has 0 fully saturated rings. The molecule has 0 bridgehead atoms. The zero-order valence-electron chi connectivity index (χ0n) is 14.0. The van der Waals surface area contributed by atoms with Crippen molar-refractivity contribution in [2.45, 2.75) is 6.10 Å². The molecule has 0 saturated carbocycles. The van der Waals surface area contributed by atoms with Gasteiger partial charge >= 0.3 is 0 Å². The van der Waals surface area contributed by atoms with Crippen molar-refractivity contribution in [1.29, 1.82) is 0 Å². The lowest BCUT2D eigenvalue weighted by Crippen LogP contribution is -2.29. The average Bonchev–Trinajstić information content (AvgIpc) is 3.06. The Balaban J connectivity index is 1.72. The number of hydrogen-bond donors (Lipinski definition) is 2. The van der Waals surface area contributed by atoms with Crippen LogP contribution in [0.1, 0.15) is 22.2 Å². The van der Waals surface area contributed by atoms with E-state index in [4.69, 9.17) is 21.1 Å². The minimum Gasteiger partial charge on any atom is -0.497 e. The van der Waals surface area contributed by atoms with E-state index in [0.29, 0.717) is 17.3 Å². The topological polar surface area (TPSA) is 63.4 Å². The lowest BCUT2D eigenvalue weighted by atomic mass is 10.1. The van der Waals surface area contributed by atoms with Gasteiger partial charge < -0.3 is 19.8 Å². The van der Waals surface area contributed by atoms with Gasteiger partial charge in [0.05, 0.1) is 7.11 Å². The van der Waals surface area contributed by atoms with Gasteiger partial charge in [0.15, 0.2) is 0 Å². The number of nitrogens with one attached hydrogen (secondary N) is 2. The number of methoxy groups -OCH3 is 2. The minimum absolute atomic E-state index is 0.204. The molecule has 2 aromatic carbocycles. The number of hydrogen-bond acceptors (Lipinski definition) is 3. The van der Waals surface area contributed by atoms with Crippen LogP contribution in [0.2, 0.25) is 5.02 Å². The summed E-state index contributed by atoms with van der Waals surface area (Å²) in [6.07, 6.45) is -0.317. The van der Waals surface area contributed by atoms with Gasteiger partial charge in [0, 0.05) is 41.2 Å². The van der Waals surface area contributed by atoms with Crippen molar-refractivity contribution in [3.8, 4) is 5.75 Å². The van der Waals surface area contributed by atoms with Crippen LogP contribution in [0.4, 0.5) is 0 Å². The van der Waals surface area contributed by atoms with Gasteiger partial charge in [0.1, 0.15) is 17.5 Å². The standard InChI is InChI=1S/C19H19ClN2O3/c1-24-13-8-7-12-9-17(22-16(12)10-13)19(23)21-11-18(25-2)14-5-3-4-6-15(14)20/h3-10,18,22H,11H2,1-2H3,(H,21,23). The summed E-state index contributed by atoms with van der Waals surface area (Å²) in [6, 6.07) is 14.9. The largest absolute Gasteiger partial charge is 0.497 e. The van der Waals surface area contributed by atoms with Crippen LogP contribution in [-0.4, -0.2) is 31.7 Å². The normalized spacial score (nSPS) is 12.1. The summed E-state index contributed by atoms with van der Waals surface area (Å²) in [5.41, 5.74) is 2.17. The summed E-state index contributed by atoms with van der Waals surface area (Å²) in [5, 5.41) is 4.44. The lowest BCUT2D eigenvalue weighted by Gasteiger charge is -2.17. The molecule has 25 heavy (non-hydrogen) atoms. The number of benzene rings is 2. The molecule has 3 rings (SSSR count). The highest BCUT2D eigenvalue weighted by Gasteiger charge is 2.16. The minimum atomic E-state index is -0.317. The molecule has 1 unspecified atom stereocenters. The van der Waals surface area contributed by atoms with Crippen LogP contribution in [0, 0.1) is 0 Å². The second kappa shape index (κ2) is 7.59. The van der Waals surface area contributed by atoms with Gasteiger partial charge in [-0.1, -0.05) is 29.8 Å². The number of aromatic nitrogens is 1. The number of carbonyl (C=O) groups excluding carboxylic acids is 1. The van der Waals surface area contributed by atoms with Crippen LogP contribution < -0.4 is 10.1 Å². The van der Waals surface area contributed by atoms with Crippen LogP contribution in [0.5, 0.6) is 5.75 Å². The number of H-pyrrole nitrogens is 1. The van der Waals surface area contributed by atoms with E-state index in [2.05, 4.69) is 10.3 Å². The Morgan fingerprint density at radius 3 is 2.72 bits per heavy atom. The molecule has 0 saturated heterocycles. The van der Waals surface area contributed by atoms with Crippen molar-refractivity contribution in [2.75, 3.05) is 20.8 Å². The molecule has 3 aromatic rings. The number of carbonyl (C=O) groups is 1. The maximum atomic E-state index is 12.4. The van der Waals surface area contributed by atoms with Gasteiger partial charge in [-0.05, 0) is 24.3 Å². The highest BCUT2D eigenvalue weighted by molar-refractivity contribution is 6.31. The van der Waals surface area contributed by atoms with E-state index in [1.54, 1.807) is 26.4 Å². The molecular weight excluding hydrogens is 340 g/mol. The first-order valence-corrected chi connectivity index (χ1v) is 8.22. The quantitative estimate of drug-likeness (QED) is 0.701. The Morgan fingerprint density at radius 1 is 1.20 bits per heavy atom. The molecule has 130 valence electrons. The van der Waals surface area contributed by atoms with Gasteiger partial charge in [-0.3, -0.25) is 4.79 Å². The van der Waals surface area contributed by atoms with Crippen molar-refractivity contribution in [3.63, 3.8) is 0 Å². The van der Waals surface area contributed by atoms with Crippen LogP contribution in [0.25, 0.3) is 10.9 Å². The number of rotatable bonds is 6. The zero-order chi connectivity index (χ0) is 17.8. The monoisotopic (exact) mass is 358 g/mol. The van der Waals surface area contributed by atoms with Gasteiger partial charge in [-0.2, -0.15) is 0 Å². The second-order valence-electron chi connectivity index (χ2n) is 5.59. The van der Waals surface area contributed by atoms with Gasteiger partial charge in [-0.25, -0.2) is 0 Å². The Kier molecular flexibility index (Phi) is 5.26. The summed E-state index contributed by atoms with van der Waals surface area (Å²) < 4.78 is 10.7. The fourth-order valence-electron chi connectivity index (χ4n) is 2.69. The van der Waals surface area contributed by atoms with Crippen molar-refractivity contribution >= 4 is 28.4 Å². The third-order valence-corrected chi connectivity index (χ3v) is 4.40. The highest BCUT2D eigenvalue weighted by atomic mass is 35.5. The molecule has 6 heteroatoms. The van der Waals surface area contributed by atoms with E-state index < -0.39 is 0 Å². The third kappa shape index (κ3) is 3.78. The number of aromatic amines is 1.